The van der Waals surface area contributed by atoms with Gasteiger partial charge in [-0.05, 0) is 42.8 Å². The lowest BCUT2D eigenvalue weighted by Crippen LogP contribution is -2.21. The first-order valence-corrected chi connectivity index (χ1v) is 8.53. The van der Waals surface area contributed by atoms with Gasteiger partial charge < -0.3 is 10.2 Å². The second-order valence-corrected chi connectivity index (χ2v) is 6.17. The molecule has 0 saturated heterocycles. The Morgan fingerprint density at radius 1 is 1.00 bits per heavy atom. The lowest BCUT2D eigenvalue weighted by atomic mass is 10.1. The number of Topliss-reactive ketones (excluding diaryl/α,β-unsaturated/α-hetero) is 1. The minimum absolute atomic E-state index is 0.0187. The average Bonchev–Trinajstić information content (AvgIpc) is 2.69. The van der Waals surface area contributed by atoms with Crippen molar-refractivity contribution in [3.05, 3.63) is 83.7 Å². The van der Waals surface area contributed by atoms with Gasteiger partial charge in [0.2, 0.25) is 5.95 Å². The monoisotopic (exact) mass is 360 g/mol. The summed E-state index contributed by atoms with van der Waals surface area (Å²) < 4.78 is 0. The molecule has 3 rings (SSSR count). The van der Waals surface area contributed by atoms with E-state index < -0.39 is 0 Å². The van der Waals surface area contributed by atoms with E-state index in [1.165, 1.54) is 6.92 Å². The van der Waals surface area contributed by atoms with E-state index in [4.69, 9.17) is 0 Å². The van der Waals surface area contributed by atoms with E-state index in [1.807, 2.05) is 42.3 Å². The molecule has 6 nitrogen and oxygen atoms in total. The molecule has 3 aromatic rings. The Morgan fingerprint density at radius 2 is 1.70 bits per heavy atom. The Kier molecular flexibility index (Phi) is 5.56. The molecular formula is C21H20N4O2. The number of carbonyl (C=O) groups excluding carboxylic acids is 2. The number of carbonyl (C=O) groups is 2. The maximum atomic E-state index is 12.5. The van der Waals surface area contributed by atoms with Crippen LogP contribution in [0.15, 0.2) is 66.9 Å². The topological polar surface area (TPSA) is 75.2 Å². The van der Waals surface area contributed by atoms with Crippen molar-refractivity contribution in [3.8, 4) is 0 Å². The average molecular weight is 360 g/mol. The summed E-state index contributed by atoms with van der Waals surface area (Å²) in [6.07, 6.45) is 1.57. The van der Waals surface area contributed by atoms with Crippen molar-refractivity contribution in [1.82, 2.24) is 9.97 Å². The van der Waals surface area contributed by atoms with Crippen LogP contribution in [-0.4, -0.2) is 28.7 Å². The molecule has 0 unspecified atom stereocenters. The summed E-state index contributed by atoms with van der Waals surface area (Å²) >= 11 is 0. The summed E-state index contributed by atoms with van der Waals surface area (Å²) in [4.78, 5) is 34.3. The van der Waals surface area contributed by atoms with Gasteiger partial charge in [0.15, 0.2) is 5.78 Å². The molecular weight excluding hydrogens is 340 g/mol. The van der Waals surface area contributed by atoms with E-state index in [-0.39, 0.29) is 17.4 Å². The van der Waals surface area contributed by atoms with E-state index in [0.29, 0.717) is 23.7 Å². The fourth-order valence-electron chi connectivity index (χ4n) is 2.57. The third kappa shape index (κ3) is 4.76. The third-order valence-corrected chi connectivity index (χ3v) is 4.03. The van der Waals surface area contributed by atoms with Crippen molar-refractivity contribution in [3.63, 3.8) is 0 Å². The Bertz CT molecular complexity index is 940. The van der Waals surface area contributed by atoms with Gasteiger partial charge in [0.1, 0.15) is 5.69 Å². The third-order valence-electron chi connectivity index (χ3n) is 4.03. The van der Waals surface area contributed by atoms with Crippen molar-refractivity contribution in [2.75, 3.05) is 17.3 Å². The molecule has 0 aliphatic rings. The van der Waals surface area contributed by atoms with Crippen LogP contribution in [0.25, 0.3) is 0 Å². The summed E-state index contributed by atoms with van der Waals surface area (Å²) in [5.74, 6) is 0.121. The van der Waals surface area contributed by atoms with Gasteiger partial charge in [-0.15, -0.1) is 0 Å². The molecule has 2 aromatic carbocycles. The first-order chi connectivity index (χ1) is 13.0. The van der Waals surface area contributed by atoms with Crippen molar-refractivity contribution >= 4 is 23.3 Å². The Balaban J connectivity index is 1.70. The van der Waals surface area contributed by atoms with Crippen molar-refractivity contribution in [2.45, 2.75) is 13.5 Å². The van der Waals surface area contributed by atoms with E-state index >= 15 is 0 Å². The highest BCUT2D eigenvalue weighted by Gasteiger charge is 2.12. The summed E-state index contributed by atoms with van der Waals surface area (Å²) in [6.45, 7) is 2.14. The Hall–Kier alpha value is -3.54. The predicted octanol–water partition coefficient (Wildman–Crippen LogP) is 3.57. The van der Waals surface area contributed by atoms with Gasteiger partial charge in [0.05, 0.1) is 0 Å². The number of nitrogens with zero attached hydrogens (tertiary/aromatic N) is 3. The molecule has 0 bridgehead atoms. The number of rotatable bonds is 6. The maximum absolute atomic E-state index is 12.5. The molecule has 0 atom stereocenters. The second kappa shape index (κ2) is 8.23. The van der Waals surface area contributed by atoms with Crippen LogP contribution < -0.4 is 10.2 Å². The van der Waals surface area contributed by atoms with Crippen LogP contribution in [0.5, 0.6) is 0 Å². The van der Waals surface area contributed by atoms with Crippen LogP contribution in [0.2, 0.25) is 0 Å². The fraction of sp³-hybridized carbons (Fsp3) is 0.143. The zero-order valence-corrected chi connectivity index (χ0v) is 15.2. The quantitative estimate of drug-likeness (QED) is 0.680. The number of benzene rings is 2. The highest BCUT2D eigenvalue weighted by Crippen LogP contribution is 2.13. The Labute approximate surface area is 157 Å². The normalized spacial score (nSPS) is 10.3. The molecule has 1 aromatic heterocycles. The van der Waals surface area contributed by atoms with Crippen molar-refractivity contribution in [2.24, 2.45) is 0 Å². The summed E-state index contributed by atoms with van der Waals surface area (Å²) in [5.41, 5.74) is 2.60. The van der Waals surface area contributed by atoms with Gasteiger partial charge in [-0.25, -0.2) is 9.97 Å². The lowest BCUT2D eigenvalue weighted by Gasteiger charge is -2.17. The Morgan fingerprint density at radius 3 is 2.37 bits per heavy atom. The van der Waals surface area contributed by atoms with Crippen molar-refractivity contribution in [1.29, 1.82) is 0 Å². The molecule has 136 valence electrons. The molecule has 0 aliphatic carbocycles. The minimum atomic E-state index is -0.331. The highest BCUT2D eigenvalue weighted by atomic mass is 16.2. The molecule has 1 amide bonds. The maximum Gasteiger partial charge on any atom is 0.274 e. The van der Waals surface area contributed by atoms with Crippen LogP contribution >= 0.6 is 0 Å². The zero-order valence-electron chi connectivity index (χ0n) is 15.2. The number of hydrogen-bond acceptors (Lipinski definition) is 5. The molecule has 6 heteroatoms. The number of nitrogens with one attached hydrogen (secondary N) is 1. The first-order valence-electron chi connectivity index (χ1n) is 8.53. The standard InChI is InChI=1S/C21H20N4O2/c1-15(26)17-8-10-18(11-9-17)23-20(27)19-12-13-22-21(24-19)25(2)14-16-6-4-3-5-7-16/h3-13H,14H2,1-2H3,(H,23,27). The number of aromatic nitrogens is 2. The second-order valence-electron chi connectivity index (χ2n) is 6.17. The molecule has 0 fully saturated rings. The van der Waals surface area contributed by atoms with Crippen molar-refractivity contribution < 1.29 is 9.59 Å². The molecule has 0 radical (unpaired) electrons. The smallest absolute Gasteiger partial charge is 0.274 e. The number of hydrogen-bond donors (Lipinski definition) is 1. The van der Waals surface area contributed by atoms with Gasteiger partial charge in [0, 0.05) is 31.0 Å². The largest absolute Gasteiger partial charge is 0.340 e. The summed E-state index contributed by atoms with van der Waals surface area (Å²) in [6, 6.07) is 18.3. The SMILES string of the molecule is CC(=O)c1ccc(NC(=O)c2ccnc(N(C)Cc3ccccc3)n2)cc1. The van der Waals surface area contributed by atoms with Gasteiger partial charge in [0.25, 0.3) is 5.91 Å². The van der Waals surface area contributed by atoms with Crippen LogP contribution in [0, 0.1) is 0 Å². The number of anilines is 2. The molecule has 0 aliphatic heterocycles. The molecule has 0 saturated carbocycles. The van der Waals surface area contributed by atoms with Crippen LogP contribution in [-0.2, 0) is 6.54 Å². The fourth-order valence-corrected chi connectivity index (χ4v) is 2.57. The van der Waals surface area contributed by atoms with Gasteiger partial charge in [-0.1, -0.05) is 30.3 Å². The molecule has 1 heterocycles. The predicted molar refractivity (Wildman–Crippen MR) is 105 cm³/mol. The molecule has 27 heavy (non-hydrogen) atoms. The van der Waals surface area contributed by atoms with E-state index in [1.54, 1.807) is 36.5 Å². The zero-order chi connectivity index (χ0) is 19.2. The van der Waals surface area contributed by atoms with E-state index in [9.17, 15) is 9.59 Å². The van der Waals surface area contributed by atoms with Crippen LogP contribution in [0.3, 0.4) is 0 Å². The first kappa shape index (κ1) is 18.3. The van der Waals surface area contributed by atoms with Gasteiger partial charge in [-0.3, -0.25) is 9.59 Å². The van der Waals surface area contributed by atoms with Gasteiger partial charge in [-0.2, -0.15) is 0 Å². The molecule has 1 N–H and O–H groups in total. The number of amides is 1. The minimum Gasteiger partial charge on any atom is -0.340 e. The summed E-state index contributed by atoms with van der Waals surface area (Å²) in [5, 5.41) is 2.78. The number of ketones is 1. The van der Waals surface area contributed by atoms with Gasteiger partial charge >= 0.3 is 0 Å². The van der Waals surface area contributed by atoms with E-state index in [2.05, 4.69) is 15.3 Å². The molecule has 0 spiro atoms. The van der Waals surface area contributed by atoms with Crippen LogP contribution in [0.1, 0.15) is 33.3 Å². The lowest BCUT2D eigenvalue weighted by molar-refractivity contribution is 0.101. The highest BCUT2D eigenvalue weighted by molar-refractivity contribution is 6.03. The van der Waals surface area contributed by atoms with E-state index in [0.717, 1.165) is 5.56 Å². The summed E-state index contributed by atoms with van der Waals surface area (Å²) in [7, 11) is 1.88. The van der Waals surface area contributed by atoms with Crippen LogP contribution in [0.4, 0.5) is 11.6 Å².